The Balaban J connectivity index is 1.40. The summed E-state index contributed by atoms with van der Waals surface area (Å²) in [5.41, 5.74) is 0.748. The molecule has 1 aliphatic heterocycles. The Bertz CT molecular complexity index is 1370. The molecule has 34 heavy (non-hydrogen) atoms. The molecule has 8 nitrogen and oxygen atoms in total. The van der Waals surface area contributed by atoms with Gasteiger partial charge in [-0.2, -0.15) is 10.1 Å². The van der Waals surface area contributed by atoms with E-state index in [0.717, 1.165) is 0 Å². The lowest BCUT2D eigenvalue weighted by molar-refractivity contribution is 0.00792. The summed E-state index contributed by atoms with van der Waals surface area (Å²) in [7, 11) is 0. The largest absolute Gasteiger partial charge is 0.444 e. The Hall–Kier alpha value is -3.82. The standard InChI is InChI=1S/C24H23F2N5O3/c1-24(2,3)33-23(32)30-11-14(12-30)21-20-17(26)9-6-10-18(20)31(28-21)13-19-27-22(34-29-19)15-7-4-5-8-16(15)25/h4-10,14H,11-13H2,1-3H3. The lowest BCUT2D eigenvalue weighted by atomic mass is 9.94. The molecule has 176 valence electrons. The van der Waals surface area contributed by atoms with E-state index < -0.39 is 23.3 Å². The summed E-state index contributed by atoms with van der Waals surface area (Å²) >= 11 is 0. The molecule has 1 fully saturated rings. The van der Waals surface area contributed by atoms with Crippen molar-refractivity contribution >= 4 is 17.0 Å². The van der Waals surface area contributed by atoms with Crippen molar-refractivity contribution in [3.8, 4) is 11.5 Å². The van der Waals surface area contributed by atoms with Gasteiger partial charge in [-0.05, 0) is 45.0 Å². The van der Waals surface area contributed by atoms with Crippen molar-refractivity contribution in [1.82, 2.24) is 24.8 Å². The Kier molecular flexibility index (Phi) is 5.30. The molecule has 4 aromatic rings. The van der Waals surface area contributed by atoms with Gasteiger partial charge in [0.25, 0.3) is 5.89 Å². The van der Waals surface area contributed by atoms with Crippen LogP contribution in [0.3, 0.4) is 0 Å². The second kappa shape index (κ2) is 8.19. The van der Waals surface area contributed by atoms with Gasteiger partial charge in [0, 0.05) is 19.0 Å². The Morgan fingerprint density at radius 1 is 1.12 bits per heavy atom. The lowest BCUT2D eigenvalue weighted by Crippen LogP contribution is -2.50. The van der Waals surface area contributed by atoms with Crippen molar-refractivity contribution in [2.24, 2.45) is 0 Å². The van der Waals surface area contributed by atoms with Crippen molar-refractivity contribution in [2.45, 2.75) is 38.8 Å². The van der Waals surface area contributed by atoms with E-state index in [2.05, 4.69) is 15.2 Å². The quantitative estimate of drug-likeness (QED) is 0.431. The van der Waals surface area contributed by atoms with E-state index in [1.807, 2.05) is 20.8 Å². The second-order valence-electron chi connectivity index (χ2n) is 9.25. The summed E-state index contributed by atoms with van der Waals surface area (Å²) in [5, 5.41) is 8.97. The minimum atomic E-state index is -0.589. The Morgan fingerprint density at radius 3 is 2.59 bits per heavy atom. The topological polar surface area (TPSA) is 86.3 Å². The Morgan fingerprint density at radius 2 is 1.85 bits per heavy atom. The molecule has 0 aliphatic carbocycles. The summed E-state index contributed by atoms with van der Waals surface area (Å²) in [4.78, 5) is 18.1. The van der Waals surface area contributed by atoms with Crippen LogP contribution in [0.25, 0.3) is 22.4 Å². The van der Waals surface area contributed by atoms with E-state index >= 15 is 0 Å². The van der Waals surface area contributed by atoms with Crippen LogP contribution in [0.2, 0.25) is 0 Å². The maximum Gasteiger partial charge on any atom is 0.410 e. The minimum Gasteiger partial charge on any atom is -0.444 e. The van der Waals surface area contributed by atoms with Crippen molar-refractivity contribution in [1.29, 1.82) is 0 Å². The number of carbonyl (C=O) groups is 1. The van der Waals surface area contributed by atoms with E-state index in [1.165, 1.54) is 12.1 Å². The number of aromatic nitrogens is 4. The number of ether oxygens (including phenoxy) is 1. The molecule has 0 N–H and O–H groups in total. The van der Waals surface area contributed by atoms with Crippen molar-refractivity contribution in [3.05, 3.63) is 65.6 Å². The third-order valence-electron chi connectivity index (χ3n) is 5.54. The van der Waals surface area contributed by atoms with Gasteiger partial charge in [0.05, 0.1) is 22.2 Å². The number of likely N-dealkylation sites (tertiary alicyclic amines) is 1. The highest BCUT2D eigenvalue weighted by atomic mass is 19.1. The van der Waals surface area contributed by atoms with Gasteiger partial charge in [-0.1, -0.05) is 23.4 Å². The zero-order valence-corrected chi connectivity index (χ0v) is 19.0. The summed E-state index contributed by atoms with van der Waals surface area (Å²) < 4.78 is 41.1. The van der Waals surface area contributed by atoms with Crippen LogP contribution in [-0.4, -0.2) is 49.6 Å². The fraction of sp³-hybridized carbons (Fsp3) is 0.333. The van der Waals surface area contributed by atoms with Gasteiger partial charge in [0.2, 0.25) is 0 Å². The van der Waals surface area contributed by atoms with Gasteiger partial charge in [-0.3, -0.25) is 4.68 Å². The van der Waals surface area contributed by atoms with E-state index in [0.29, 0.717) is 29.7 Å². The third kappa shape index (κ3) is 4.11. The maximum absolute atomic E-state index is 14.8. The van der Waals surface area contributed by atoms with Crippen molar-refractivity contribution < 1.29 is 22.8 Å². The third-order valence-corrected chi connectivity index (χ3v) is 5.54. The van der Waals surface area contributed by atoms with Crippen LogP contribution in [0, 0.1) is 11.6 Å². The van der Waals surface area contributed by atoms with E-state index in [-0.39, 0.29) is 29.7 Å². The molecule has 1 saturated heterocycles. The second-order valence-corrected chi connectivity index (χ2v) is 9.25. The molecule has 5 rings (SSSR count). The average Bonchev–Trinajstić information content (AvgIpc) is 3.32. The highest BCUT2D eigenvalue weighted by Gasteiger charge is 2.37. The number of nitrogens with zero attached hydrogens (tertiary/aromatic N) is 5. The van der Waals surface area contributed by atoms with Gasteiger partial charge >= 0.3 is 6.09 Å². The fourth-order valence-electron chi connectivity index (χ4n) is 3.94. The number of amides is 1. The first kappa shape index (κ1) is 22.0. The summed E-state index contributed by atoms with van der Waals surface area (Å²) in [6.07, 6.45) is -0.402. The smallest absolute Gasteiger partial charge is 0.410 e. The molecule has 1 aliphatic rings. The number of hydrogen-bond acceptors (Lipinski definition) is 6. The zero-order valence-electron chi connectivity index (χ0n) is 19.0. The van der Waals surface area contributed by atoms with Crippen molar-refractivity contribution in [2.75, 3.05) is 13.1 Å². The predicted octanol–water partition coefficient (Wildman–Crippen LogP) is 4.75. The number of fused-ring (bicyclic) bond motifs is 1. The normalized spacial score (nSPS) is 14.4. The van der Waals surface area contributed by atoms with Crippen LogP contribution in [0.5, 0.6) is 0 Å². The number of hydrogen-bond donors (Lipinski definition) is 0. The molecule has 0 spiro atoms. The molecule has 0 saturated carbocycles. The van der Waals surface area contributed by atoms with Crippen LogP contribution < -0.4 is 0 Å². The first-order valence-electron chi connectivity index (χ1n) is 10.9. The van der Waals surface area contributed by atoms with E-state index in [4.69, 9.17) is 9.26 Å². The van der Waals surface area contributed by atoms with Gasteiger partial charge in [0.15, 0.2) is 5.82 Å². The molecule has 3 heterocycles. The SMILES string of the molecule is CC(C)(C)OC(=O)N1CC(c2nn(Cc3noc(-c4ccccc4F)n3)c3cccc(F)c23)C1. The number of halogens is 2. The predicted molar refractivity (Wildman–Crippen MR) is 119 cm³/mol. The van der Waals surface area contributed by atoms with Crippen LogP contribution in [0.4, 0.5) is 13.6 Å². The van der Waals surface area contributed by atoms with E-state index in [1.54, 1.807) is 39.9 Å². The van der Waals surface area contributed by atoms with Crippen molar-refractivity contribution in [3.63, 3.8) is 0 Å². The molecule has 1 amide bonds. The number of carbonyl (C=O) groups excluding carboxylic acids is 1. The molecule has 0 unspecified atom stereocenters. The monoisotopic (exact) mass is 467 g/mol. The number of rotatable bonds is 4. The van der Waals surface area contributed by atoms with Gasteiger partial charge in [-0.15, -0.1) is 0 Å². The van der Waals surface area contributed by atoms with E-state index in [9.17, 15) is 13.6 Å². The highest BCUT2D eigenvalue weighted by molar-refractivity contribution is 5.84. The lowest BCUT2D eigenvalue weighted by Gasteiger charge is -2.39. The summed E-state index contributed by atoms with van der Waals surface area (Å²) in [6.45, 7) is 6.30. The average molecular weight is 467 g/mol. The maximum atomic E-state index is 14.8. The molecular formula is C24H23F2N5O3. The Labute approximate surface area is 194 Å². The molecular weight excluding hydrogens is 444 g/mol. The highest BCUT2D eigenvalue weighted by Crippen LogP contribution is 2.34. The van der Waals surface area contributed by atoms with Crippen LogP contribution >= 0.6 is 0 Å². The molecule has 0 radical (unpaired) electrons. The molecule has 0 atom stereocenters. The minimum absolute atomic E-state index is 0.0583. The first-order valence-corrected chi connectivity index (χ1v) is 10.9. The van der Waals surface area contributed by atoms with Crippen LogP contribution in [-0.2, 0) is 11.3 Å². The molecule has 2 aromatic heterocycles. The summed E-state index contributed by atoms with van der Waals surface area (Å²) in [6, 6.07) is 10.9. The molecule has 10 heteroatoms. The molecule has 0 bridgehead atoms. The first-order chi connectivity index (χ1) is 16.2. The van der Waals surface area contributed by atoms with Gasteiger partial charge in [-0.25, -0.2) is 13.6 Å². The van der Waals surface area contributed by atoms with Gasteiger partial charge in [0.1, 0.15) is 23.8 Å². The number of benzene rings is 2. The summed E-state index contributed by atoms with van der Waals surface area (Å²) in [5.74, 6) is -0.654. The van der Waals surface area contributed by atoms with Crippen LogP contribution in [0.15, 0.2) is 47.0 Å². The van der Waals surface area contributed by atoms with Crippen LogP contribution in [0.1, 0.15) is 38.2 Å². The van der Waals surface area contributed by atoms with Gasteiger partial charge < -0.3 is 14.2 Å². The molecule has 2 aromatic carbocycles. The fourth-order valence-corrected chi connectivity index (χ4v) is 3.94. The zero-order chi connectivity index (χ0) is 24.0.